The van der Waals surface area contributed by atoms with Gasteiger partial charge in [0.25, 0.3) is 5.91 Å². The van der Waals surface area contributed by atoms with Crippen molar-refractivity contribution < 1.29 is 23.9 Å². The first-order valence-electron chi connectivity index (χ1n) is 15.9. The maximum atomic E-state index is 13.5. The molecule has 0 unspecified atom stereocenters. The smallest absolute Gasteiger partial charge is 0.323 e. The van der Waals surface area contributed by atoms with E-state index in [1.165, 1.54) is 0 Å². The minimum Gasteiger partial charge on any atom is -0.462 e. The molecule has 3 aromatic rings. The molecule has 256 valence electrons. The third-order valence-corrected chi connectivity index (χ3v) is 8.07. The summed E-state index contributed by atoms with van der Waals surface area (Å²) < 4.78 is 11.2. The minimum atomic E-state index is -0.651. The molecule has 13 heteroatoms. The summed E-state index contributed by atoms with van der Waals surface area (Å²) in [6, 6.07) is 7.03. The van der Waals surface area contributed by atoms with Gasteiger partial charge in [-0.15, -0.1) is 0 Å². The highest BCUT2D eigenvalue weighted by Gasteiger charge is 2.26. The van der Waals surface area contributed by atoms with E-state index in [0.29, 0.717) is 39.9 Å². The Labute approximate surface area is 282 Å². The molecule has 47 heavy (non-hydrogen) atoms. The molecule has 5 N–H and O–H groups in total. The fourth-order valence-electron chi connectivity index (χ4n) is 5.07. The van der Waals surface area contributed by atoms with Gasteiger partial charge in [-0.05, 0) is 68.6 Å². The van der Waals surface area contributed by atoms with Crippen LogP contribution in [-0.2, 0) is 19.1 Å². The number of amides is 1. The number of aromatic nitrogens is 3. The average Bonchev–Trinajstić information content (AvgIpc) is 3.52. The summed E-state index contributed by atoms with van der Waals surface area (Å²) in [5.41, 5.74) is 3.12. The van der Waals surface area contributed by atoms with E-state index in [1.54, 1.807) is 50.8 Å². The number of benzene rings is 1. The lowest BCUT2D eigenvalue weighted by Crippen LogP contribution is -2.41. The number of aromatic amines is 1. The molecular formula is C34H48ClN7O5. The molecule has 0 aliphatic heterocycles. The lowest BCUT2D eigenvalue weighted by molar-refractivity contribution is -0.148. The lowest BCUT2D eigenvalue weighted by atomic mass is 10.0. The van der Waals surface area contributed by atoms with Gasteiger partial charge in [0.15, 0.2) is 0 Å². The largest absolute Gasteiger partial charge is 0.462 e. The predicted octanol–water partition coefficient (Wildman–Crippen LogP) is 4.67. The van der Waals surface area contributed by atoms with Crippen molar-refractivity contribution in [1.82, 2.24) is 30.9 Å². The van der Waals surface area contributed by atoms with Crippen LogP contribution in [0.5, 0.6) is 0 Å². The van der Waals surface area contributed by atoms with Gasteiger partial charge in [-0.3, -0.25) is 14.4 Å². The number of nitrogens with zero attached hydrogens (tertiary/aromatic N) is 2. The molecule has 0 bridgehead atoms. The van der Waals surface area contributed by atoms with Crippen molar-refractivity contribution in [3.8, 4) is 11.3 Å². The number of carbonyl (C=O) groups excluding carboxylic acids is 3. The highest BCUT2D eigenvalue weighted by Crippen LogP contribution is 2.24. The molecule has 0 spiro atoms. The zero-order valence-electron chi connectivity index (χ0n) is 28.4. The van der Waals surface area contributed by atoms with E-state index >= 15 is 0 Å². The highest BCUT2D eigenvalue weighted by atomic mass is 35.5. The topological polar surface area (TPSA) is 159 Å². The zero-order chi connectivity index (χ0) is 34.7. The molecule has 0 aliphatic carbocycles. The Bertz CT molecular complexity index is 1500. The van der Waals surface area contributed by atoms with Gasteiger partial charge in [0.1, 0.15) is 31.0 Å². The Morgan fingerprint density at radius 1 is 0.957 bits per heavy atom. The first kappa shape index (κ1) is 37.5. The van der Waals surface area contributed by atoms with Crippen molar-refractivity contribution in [2.24, 2.45) is 11.8 Å². The molecule has 0 fully saturated rings. The summed E-state index contributed by atoms with van der Waals surface area (Å²) in [4.78, 5) is 50.9. The van der Waals surface area contributed by atoms with Crippen molar-refractivity contribution >= 4 is 35.4 Å². The highest BCUT2D eigenvalue weighted by molar-refractivity contribution is 6.30. The molecule has 1 aromatic carbocycles. The van der Waals surface area contributed by atoms with Gasteiger partial charge in [0.05, 0.1) is 17.8 Å². The van der Waals surface area contributed by atoms with Crippen molar-refractivity contribution in [2.45, 2.75) is 72.1 Å². The number of H-pyrrole nitrogens is 1. The van der Waals surface area contributed by atoms with Crippen LogP contribution in [0.4, 0.5) is 5.95 Å². The number of ether oxygens (including phenoxy) is 2. The molecule has 0 saturated carbocycles. The summed E-state index contributed by atoms with van der Waals surface area (Å²) in [5, 5.41) is 12.7. The number of aryl methyl sites for hydroxylation is 1. The molecule has 2 aromatic heterocycles. The Morgan fingerprint density at radius 3 is 2.17 bits per heavy atom. The normalized spacial score (nSPS) is 13.9. The van der Waals surface area contributed by atoms with E-state index in [2.05, 4.69) is 31.2 Å². The monoisotopic (exact) mass is 669 g/mol. The van der Waals surface area contributed by atoms with E-state index in [4.69, 9.17) is 26.1 Å². The molecule has 3 rings (SSSR count). The van der Waals surface area contributed by atoms with Crippen LogP contribution in [-0.4, -0.2) is 78.2 Å². The van der Waals surface area contributed by atoms with Crippen molar-refractivity contribution in [2.75, 3.05) is 32.6 Å². The number of nitrogens with one attached hydrogen (secondary N) is 5. The average molecular weight is 670 g/mol. The van der Waals surface area contributed by atoms with E-state index in [0.717, 1.165) is 5.56 Å². The Hall–Kier alpha value is -4.00. The second kappa shape index (κ2) is 17.8. The SMILES string of the molecule is CC[C@@H](COC(=O)[C@@H](NC)C(C)C)Nc1ncc(C)c(-c2c[nH]c(C(=O)N[C@H](COC(=O)[C@@H](NC)C(C)C)c3cccc(Cl)c3)c2)n1. The Balaban J connectivity index is 1.74. The number of hydrogen-bond donors (Lipinski definition) is 5. The van der Waals surface area contributed by atoms with Crippen LogP contribution in [0.1, 0.15) is 68.7 Å². The molecule has 0 aliphatic rings. The van der Waals surface area contributed by atoms with Crippen molar-refractivity contribution in [1.29, 1.82) is 0 Å². The minimum absolute atomic E-state index is 0.0243. The summed E-state index contributed by atoms with van der Waals surface area (Å²) in [7, 11) is 3.44. The number of rotatable bonds is 17. The molecule has 12 nitrogen and oxygen atoms in total. The van der Waals surface area contributed by atoms with Gasteiger partial charge in [-0.1, -0.05) is 58.4 Å². The van der Waals surface area contributed by atoms with Crippen LogP contribution < -0.4 is 21.3 Å². The molecular weight excluding hydrogens is 622 g/mol. The number of carbonyl (C=O) groups is 3. The number of hydrogen-bond acceptors (Lipinski definition) is 10. The van der Waals surface area contributed by atoms with E-state index in [9.17, 15) is 14.4 Å². The quantitative estimate of drug-likeness (QED) is 0.128. The van der Waals surface area contributed by atoms with Crippen LogP contribution >= 0.6 is 11.6 Å². The molecule has 2 heterocycles. The number of anilines is 1. The third-order valence-electron chi connectivity index (χ3n) is 7.84. The predicted molar refractivity (Wildman–Crippen MR) is 183 cm³/mol. The maximum absolute atomic E-state index is 13.5. The Kier molecular flexibility index (Phi) is 14.2. The molecule has 4 atom stereocenters. The lowest BCUT2D eigenvalue weighted by Gasteiger charge is -2.23. The molecule has 1 amide bonds. The van der Waals surface area contributed by atoms with Crippen molar-refractivity contribution in [3.05, 3.63) is 64.6 Å². The van der Waals surface area contributed by atoms with Crippen molar-refractivity contribution in [3.63, 3.8) is 0 Å². The van der Waals surface area contributed by atoms with E-state index in [1.807, 2.05) is 47.6 Å². The van der Waals surface area contributed by atoms with Crippen LogP contribution in [0.2, 0.25) is 5.02 Å². The maximum Gasteiger partial charge on any atom is 0.323 e. The van der Waals surface area contributed by atoms with Gasteiger partial charge in [0, 0.05) is 23.0 Å². The second-order valence-corrected chi connectivity index (χ2v) is 12.6. The summed E-state index contributed by atoms with van der Waals surface area (Å²) >= 11 is 6.24. The van der Waals surface area contributed by atoms with Gasteiger partial charge < -0.3 is 35.7 Å². The van der Waals surface area contributed by atoms with Crippen LogP contribution in [0.15, 0.2) is 42.7 Å². The zero-order valence-corrected chi connectivity index (χ0v) is 29.2. The fourth-order valence-corrected chi connectivity index (χ4v) is 5.26. The third kappa shape index (κ3) is 10.5. The second-order valence-electron chi connectivity index (χ2n) is 12.1. The molecule has 0 radical (unpaired) electrons. The van der Waals surface area contributed by atoms with E-state index in [-0.39, 0.29) is 43.1 Å². The first-order chi connectivity index (χ1) is 22.4. The summed E-state index contributed by atoms with van der Waals surface area (Å²) in [6.07, 6.45) is 4.08. The van der Waals surface area contributed by atoms with Gasteiger partial charge in [-0.25, -0.2) is 9.97 Å². The van der Waals surface area contributed by atoms with Gasteiger partial charge in [0.2, 0.25) is 5.95 Å². The van der Waals surface area contributed by atoms with Crippen LogP contribution in [0.3, 0.4) is 0 Å². The number of likely N-dealkylation sites (N-methyl/N-ethyl adjacent to an activating group) is 2. The standard InChI is InChI=1S/C34H48ClN7O5/c1-9-25(17-46-32(44)28(36-7)19(2)3)40-34-39-15-21(6)30(42-34)23-14-26(38-16-23)31(43)41-27(22-11-10-12-24(35)13-22)18-47-33(45)29(37-8)20(4)5/h10-16,19-20,25,27-29,36-38H,9,17-18H2,1-8H3,(H,41,43)(H,39,40,42)/t25-,27+,28-,29-/m0/s1. The Morgan fingerprint density at radius 2 is 1.60 bits per heavy atom. The fraction of sp³-hybridized carbons (Fsp3) is 0.500. The summed E-state index contributed by atoms with van der Waals surface area (Å²) in [6.45, 7) is 11.7. The summed E-state index contributed by atoms with van der Waals surface area (Å²) in [5.74, 6) is -0.617. The number of esters is 2. The van der Waals surface area contributed by atoms with Crippen LogP contribution in [0.25, 0.3) is 11.3 Å². The number of halogens is 1. The first-order valence-corrected chi connectivity index (χ1v) is 16.3. The van der Waals surface area contributed by atoms with Crippen LogP contribution in [0, 0.1) is 18.8 Å². The van der Waals surface area contributed by atoms with Gasteiger partial charge in [-0.2, -0.15) is 0 Å². The molecule has 0 saturated heterocycles. The van der Waals surface area contributed by atoms with E-state index < -0.39 is 24.0 Å². The van der Waals surface area contributed by atoms with Gasteiger partial charge >= 0.3 is 11.9 Å².